The highest BCUT2D eigenvalue weighted by Crippen LogP contribution is 2.60. The molecule has 5 nitrogen and oxygen atoms in total. The van der Waals surface area contributed by atoms with E-state index in [0.717, 1.165) is 22.2 Å². The van der Waals surface area contributed by atoms with Gasteiger partial charge in [0.1, 0.15) is 11.2 Å². The number of esters is 1. The Bertz CT molecular complexity index is 1660. The molecule has 1 unspecified atom stereocenters. The molecule has 1 aliphatic carbocycles. The molecule has 1 amide bonds. The molecule has 1 atom stereocenters. The van der Waals surface area contributed by atoms with Crippen molar-refractivity contribution in [1.82, 2.24) is 4.57 Å². The van der Waals surface area contributed by atoms with Crippen LogP contribution in [0.4, 0.5) is 10.1 Å². The lowest BCUT2D eigenvalue weighted by molar-refractivity contribution is -0.140. The maximum atomic E-state index is 15.2. The summed E-state index contributed by atoms with van der Waals surface area (Å²) in [5, 5.41) is 0.837. The maximum absolute atomic E-state index is 15.2. The zero-order valence-corrected chi connectivity index (χ0v) is 20.8. The lowest BCUT2D eigenvalue weighted by Gasteiger charge is -2.27. The van der Waals surface area contributed by atoms with Crippen molar-refractivity contribution in [3.8, 4) is 0 Å². The van der Waals surface area contributed by atoms with Crippen molar-refractivity contribution in [2.75, 3.05) is 18.6 Å². The molecule has 4 aromatic rings. The second-order valence-corrected chi connectivity index (χ2v) is 9.30. The number of aromatic nitrogens is 1. The van der Waals surface area contributed by atoms with Gasteiger partial charge >= 0.3 is 5.97 Å². The average Bonchev–Trinajstić information content (AvgIpc) is 3.46. The van der Waals surface area contributed by atoms with Gasteiger partial charge in [-0.1, -0.05) is 72.8 Å². The van der Waals surface area contributed by atoms with Gasteiger partial charge in [0, 0.05) is 41.7 Å². The van der Waals surface area contributed by atoms with Crippen molar-refractivity contribution in [3.63, 3.8) is 0 Å². The van der Waals surface area contributed by atoms with E-state index in [1.54, 1.807) is 26.1 Å². The number of halogens is 1. The van der Waals surface area contributed by atoms with Gasteiger partial charge in [-0.15, -0.1) is 0 Å². The van der Waals surface area contributed by atoms with Crippen LogP contribution in [0, 0.1) is 5.82 Å². The molecule has 0 fully saturated rings. The molecule has 3 aromatic carbocycles. The standard InChI is InChI=1S/C31H25FN2O3/c1-4-37-29(35)26-21(18-17-19-11-6-5-7-12-19)27-25(20-13-8-9-16-24(20)33(27)2)31(26)22-14-10-15-23(32)28(22)34(3)30(31)36/h5-18H,4H2,1-3H3/b18-17+. The minimum absolute atomic E-state index is 0.144. The van der Waals surface area contributed by atoms with E-state index in [2.05, 4.69) is 0 Å². The van der Waals surface area contributed by atoms with Crippen molar-refractivity contribution in [3.05, 3.63) is 113 Å². The third kappa shape index (κ3) is 2.96. The minimum Gasteiger partial charge on any atom is -0.463 e. The number of nitrogens with zero attached hydrogens (tertiary/aromatic N) is 2. The Morgan fingerprint density at radius 3 is 2.46 bits per heavy atom. The maximum Gasteiger partial charge on any atom is 0.336 e. The molecule has 0 saturated carbocycles. The van der Waals surface area contributed by atoms with Gasteiger partial charge in [0.15, 0.2) is 0 Å². The quantitative estimate of drug-likeness (QED) is 0.347. The van der Waals surface area contributed by atoms with Gasteiger partial charge in [0.05, 0.1) is 23.6 Å². The number of carbonyl (C=O) groups is 2. The number of benzene rings is 3. The van der Waals surface area contributed by atoms with Gasteiger partial charge in [-0.2, -0.15) is 0 Å². The topological polar surface area (TPSA) is 51.5 Å². The number of likely N-dealkylation sites (N-methyl/N-ethyl adjacent to an activating group) is 1. The summed E-state index contributed by atoms with van der Waals surface area (Å²) >= 11 is 0. The lowest BCUT2D eigenvalue weighted by Crippen LogP contribution is -2.42. The van der Waals surface area contributed by atoms with Gasteiger partial charge in [-0.3, -0.25) is 4.79 Å². The Morgan fingerprint density at radius 2 is 1.70 bits per heavy atom. The van der Waals surface area contributed by atoms with Crippen LogP contribution in [0.25, 0.3) is 22.6 Å². The predicted molar refractivity (Wildman–Crippen MR) is 143 cm³/mol. The number of rotatable bonds is 4. The zero-order chi connectivity index (χ0) is 25.9. The fourth-order valence-corrected chi connectivity index (χ4v) is 6.02. The summed E-state index contributed by atoms with van der Waals surface area (Å²) in [6.07, 6.45) is 3.79. The Morgan fingerprint density at radius 1 is 0.973 bits per heavy atom. The van der Waals surface area contributed by atoms with Crippen molar-refractivity contribution in [1.29, 1.82) is 0 Å². The first-order valence-electron chi connectivity index (χ1n) is 12.2. The monoisotopic (exact) mass is 492 g/mol. The summed E-state index contributed by atoms with van der Waals surface area (Å²) < 4.78 is 22.8. The van der Waals surface area contributed by atoms with Crippen LogP contribution in [0.2, 0.25) is 0 Å². The molecular formula is C31H25FN2O3. The second kappa shape index (κ2) is 8.30. The van der Waals surface area contributed by atoms with Crippen LogP contribution in [0.1, 0.15) is 29.3 Å². The van der Waals surface area contributed by atoms with Gasteiger partial charge in [0.2, 0.25) is 5.91 Å². The van der Waals surface area contributed by atoms with Gasteiger partial charge in [-0.05, 0) is 24.6 Å². The van der Waals surface area contributed by atoms with Crippen molar-refractivity contribution >= 4 is 40.1 Å². The van der Waals surface area contributed by atoms with E-state index < -0.39 is 17.2 Å². The number of amides is 1. The first-order chi connectivity index (χ1) is 17.9. The van der Waals surface area contributed by atoms with Crippen LogP contribution in [-0.4, -0.2) is 30.1 Å². The van der Waals surface area contributed by atoms with E-state index in [1.807, 2.05) is 78.4 Å². The van der Waals surface area contributed by atoms with Crippen LogP contribution in [-0.2, 0) is 26.8 Å². The summed E-state index contributed by atoms with van der Waals surface area (Å²) in [5.74, 6) is -1.48. The summed E-state index contributed by atoms with van der Waals surface area (Å²) in [5.41, 5.74) is 3.19. The van der Waals surface area contributed by atoms with Crippen LogP contribution in [0.3, 0.4) is 0 Å². The summed E-state index contributed by atoms with van der Waals surface area (Å²) in [6.45, 7) is 1.88. The van der Waals surface area contributed by atoms with Crippen LogP contribution in [0.15, 0.2) is 84.4 Å². The Kier molecular flexibility index (Phi) is 5.16. The number of hydrogen-bond donors (Lipinski definition) is 0. The predicted octanol–water partition coefficient (Wildman–Crippen LogP) is 5.62. The fraction of sp³-hybridized carbons (Fsp3) is 0.161. The van der Waals surface area contributed by atoms with E-state index in [0.29, 0.717) is 16.7 Å². The summed E-state index contributed by atoms with van der Waals surface area (Å²) in [4.78, 5) is 29.5. The molecule has 0 saturated heterocycles. The molecule has 0 radical (unpaired) electrons. The van der Waals surface area contributed by atoms with Gasteiger partial charge in [-0.25, -0.2) is 9.18 Å². The summed E-state index contributed by atoms with van der Waals surface area (Å²) in [6, 6.07) is 22.2. The highest BCUT2D eigenvalue weighted by molar-refractivity contribution is 6.25. The molecule has 37 heavy (non-hydrogen) atoms. The highest BCUT2D eigenvalue weighted by Gasteiger charge is 2.62. The average molecular weight is 493 g/mol. The third-order valence-electron chi connectivity index (χ3n) is 7.45. The number of allylic oxidation sites excluding steroid dienone is 2. The molecule has 2 heterocycles. The molecule has 1 aromatic heterocycles. The molecular weight excluding hydrogens is 467 g/mol. The van der Waals surface area contributed by atoms with Crippen LogP contribution < -0.4 is 4.90 Å². The molecule has 6 heteroatoms. The van der Waals surface area contributed by atoms with Crippen molar-refractivity contribution < 1.29 is 18.7 Å². The smallest absolute Gasteiger partial charge is 0.336 e. The minimum atomic E-state index is -1.54. The number of hydrogen-bond acceptors (Lipinski definition) is 3. The molecule has 1 spiro atoms. The molecule has 0 N–H and O–H groups in total. The number of para-hydroxylation sites is 2. The Hall–Kier alpha value is -4.45. The molecule has 0 bridgehead atoms. The zero-order valence-electron chi connectivity index (χ0n) is 20.8. The number of anilines is 1. The van der Waals surface area contributed by atoms with Gasteiger partial charge in [0.25, 0.3) is 0 Å². The summed E-state index contributed by atoms with van der Waals surface area (Å²) in [7, 11) is 3.49. The molecule has 6 rings (SSSR count). The number of aryl methyl sites for hydroxylation is 1. The molecule has 184 valence electrons. The van der Waals surface area contributed by atoms with Crippen molar-refractivity contribution in [2.45, 2.75) is 12.3 Å². The number of fused-ring (bicyclic) bond motifs is 6. The number of ether oxygens (including phenoxy) is 1. The largest absolute Gasteiger partial charge is 0.463 e. The third-order valence-corrected chi connectivity index (χ3v) is 7.45. The second-order valence-electron chi connectivity index (χ2n) is 9.30. The molecule has 2 aliphatic rings. The van der Waals surface area contributed by atoms with E-state index >= 15 is 4.39 Å². The van der Waals surface area contributed by atoms with Gasteiger partial charge < -0.3 is 14.2 Å². The van der Waals surface area contributed by atoms with E-state index in [4.69, 9.17) is 4.74 Å². The number of carbonyl (C=O) groups excluding carboxylic acids is 2. The highest BCUT2D eigenvalue weighted by atomic mass is 19.1. The van der Waals surface area contributed by atoms with Crippen molar-refractivity contribution in [2.24, 2.45) is 7.05 Å². The van der Waals surface area contributed by atoms with Crippen LogP contribution >= 0.6 is 0 Å². The molecule has 1 aliphatic heterocycles. The van der Waals surface area contributed by atoms with Crippen LogP contribution in [0.5, 0.6) is 0 Å². The van der Waals surface area contributed by atoms with E-state index in [9.17, 15) is 9.59 Å². The first kappa shape index (κ1) is 23.0. The van der Waals surface area contributed by atoms with E-state index in [-0.39, 0.29) is 23.8 Å². The lowest BCUT2D eigenvalue weighted by atomic mass is 9.71. The Balaban J connectivity index is 1.79. The normalized spacial score (nSPS) is 18.4. The fourth-order valence-electron chi connectivity index (χ4n) is 6.02. The van der Waals surface area contributed by atoms with E-state index in [1.165, 1.54) is 11.0 Å². The Labute approximate surface area is 214 Å². The SMILES string of the molecule is CCOC(=O)C1=C(/C=C/c2ccccc2)c2c(c3ccccc3n2C)C12C(=O)N(C)c1c(F)cccc12. The first-order valence-corrected chi connectivity index (χ1v) is 12.2.